The zero-order valence-electron chi connectivity index (χ0n) is 16.3. The fourth-order valence-corrected chi connectivity index (χ4v) is 3.76. The van der Waals surface area contributed by atoms with Gasteiger partial charge in [-0.2, -0.15) is 15.6 Å². The molecule has 29 heavy (non-hydrogen) atoms. The molecule has 1 fully saturated rings. The lowest BCUT2D eigenvalue weighted by atomic mass is 9.85. The Kier molecular flexibility index (Phi) is 6.48. The van der Waals surface area contributed by atoms with Gasteiger partial charge >= 0.3 is 0 Å². The number of hydrogen-bond acceptors (Lipinski definition) is 6. The molecule has 8 heteroatoms. The monoisotopic (exact) mass is 391 g/mol. The normalized spacial score (nSPS) is 15.9. The lowest BCUT2D eigenvalue weighted by Crippen LogP contribution is -2.46. The number of para-hydroxylation sites is 1. The summed E-state index contributed by atoms with van der Waals surface area (Å²) in [7, 11) is 0. The van der Waals surface area contributed by atoms with Gasteiger partial charge in [-0.05, 0) is 37.9 Å². The highest BCUT2D eigenvalue weighted by Gasteiger charge is 2.38. The SMILES string of the molecule is N#CCCCN1CCC(CC#N)(n2cc(C(N)=O)c(Nc3ccccc3)n2)CC1. The third-order valence-corrected chi connectivity index (χ3v) is 5.46. The van der Waals surface area contributed by atoms with Crippen LogP contribution in [0.4, 0.5) is 11.5 Å². The molecule has 0 radical (unpaired) electrons. The first-order chi connectivity index (χ1) is 14.1. The van der Waals surface area contributed by atoms with Crippen LogP contribution in [-0.2, 0) is 5.54 Å². The highest BCUT2D eigenvalue weighted by molar-refractivity contribution is 5.98. The molecule has 0 spiro atoms. The predicted octanol–water partition coefficient (Wildman–Crippen LogP) is 2.73. The molecule has 1 amide bonds. The fraction of sp³-hybridized carbons (Fsp3) is 0.429. The van der Waals surface area contributed by atoms with E-state index in [-0.39, 0.29) is 0 Å². The van der Waals surface area contributed by atoms with Gasteiger partial charge < -0.3 is 16.0 Å². The molecule has 3 rings (SSSR count). The van der Waals surface area contributed by atoms with Crippen LogP contribution < -0.4 is 11.1 Å². The second-order valence-electron chi connectivity index (χ2n) is 7.35. The number of hydrogen-bond donors (Lipinski definition) is 2. The molecule has 0 atom stereocenters. The molecule has 8 nitrogen and oxygen atoms in total. The number of amides is 1. The van der Waals surface area contributed by atoms with Crippen LogP contribution in [0.1, 0.15) is 42.5 Å². The first kappa shape index (κ1) is 20.4. The van der Waals surface area contributed by atoms with E-state index in [4.69, 9.17) is 11.0 Å². The third kappa shape index (κ3) is 4.74. The van der Waals surface area contributed by atoms with Crippen LogP contribution in [0.15, 0.2) is 36.5 Å². The predicted molar refractivity (Wildman–Crippen MR) is 109 cm³/mol. The number of anilines is 2. The molecule has 1 aliphatic heterocycles. The molecule has 2 heterocycles. The second kappa shape index (κ2) is 9.22. The van der Waals surface area contributed by atoms with E-state index >= 15 is 0 Å². The first-order valence-electron chi connectivity index (χ1n) is 9.76. The summed E-state index contributed by atoms with van der Waals surface area (Å²) in [6.45, 7) is 2.52. The lowest BCUT2D eigenvalue weighted by Gasteiger charge is -2.40. The van der Waals surface area contributed by atoms with Gasteiger partial charge in [-0.25, -0.2) is 0 Å². The number of nitriles is 2. The number of piperidine rings is 1. The van der Waals surface area contributed by atoms with Gasteiger partial charge in [0.25, 0.3) is 5.91 Å². The van der Waals surface area contributed by atoms with Crippen molar-refractivity contribution in [2.24, 2.45) is 5.73 Å². The lowest BCUT2D eigenvalue weighted by molar-refractivity contribution is 0.0989. The minimum atomic E-state index is -0.560. The number of nitrogens with one attached hydrogen (secondary N) is 1. The molecule has 0 aliphatic carbocycles. The number of nitrogens with zero attached hydrogens (tertiary/aromatic N) is 5. The maximum Gasteiger partial charge on any atom is 0.254 e. The fourth-order valence-electron chi connectivity index (χ4n) is 3.76. The first-order valence-corrected chi connectivity index (χ1v) is 9.76. The van der Waals surface area contributed by atoms with E-state index < -0.39 is 11.4 Å². The molecule has 2 aromatic rings. The van der Waals surface area contributed by atoms with E-state index in [9.17, 15) is 10.1 Å². The van der Waals surface area contributed by atoms with Gasteiger partial charge in [0.15, 0.2) is 5.82 Å². The number of carbonyl (C=O) groups is 1. The van der Waals surface area contributed by atoms with Crippen LogP contribution in [0.3, 0.4) is 0 Å². The molecule has 0 unspecified atom stereocenters. The molecular weight excluding hydrogens is 366 g/mol. The zero-order chi connectivity index (χ0) is 20.7. The zero-order valence-corrected chi connectivity index (χ0v) is 16.3. The smallest absolute Gasteiger partial charge is 0.254 e. The Balaban J connectivity index is 1.83. The third-order valence-electron chi connectivity index (χ3n) is 5.46. The van der Waals surface area contributed by atoms with Crippen LogP contribution in [0.2, 0.25) is 0 Å². The molecule has 1 saturated heterocycles. The maximum absolute atomic E-state index is 12.0. The van der Waals surface area contributed by atoms with Gasteiger partial charge in [-0.1, -0.05) is 18.2 Å². The highest BCUT2D eigenvalue weighted by atomic mass is 16.1. The molecule has 1 aromatic heterocycles. The minimum absolute atomic E-state index is 0.308. The van der Waals surface area contributed by atoms with Crippen molar-refractivity contribution in [3.05, 3.63) is 42.1 Å². The topological polar surface area (TPSA) is 124 Å². The van der Waals surface area contributed by atoms with Crippen molar-refractivity contribution < 1.29 is 4.79 Å². The van der Waals surface area contributed by atoms with E-state index in [2.05, 4.69) is 27.5 Å². The van der Waals surface area contributed by atoms with Gasteiger partial charge in [0.2, 0.25) is 0 Å². The summed E-state index contributed by atoms with van der Waals surface area (Å²) in [6.07, 6.45) is 4.87. The number of likely N-dealkylation sites (tertiary alicyclic amines) is 1. The minimum Gasteiger partial charge on any atom is -0.365 e. The summed E-state index contributed by atoms with van der Waals surface area (Å²) in [5.41, 5.74) is 6.23. The second-order valence-corrected chi connectivity index (χ2v) is 7.35. The van der Waals surface area contributed by atoms with E-state index in [0.717, 1.165) is 44.6 Å². The van der Waals surface area contributed by atoms with Crippen LogP contribution in [-0.4, -0.2) is 40.2 Å². The summed E-state index contributed by atoms with van der Waals surface area (Å²) in [5.74, 6) is -0.159. The van der Waals surface area contributed by atoms with E-state index in [0.29, 0.717) is 24.2 Å². The number of unbranched alkanes of at least 4 members (excludes halogenated alkanes) is 1. The van der Waals surface area contributed by atoms with Gasteiger partial charge in [-0.15, -0.1) is 0 Å². The molecular formula is C21H25N7O. The summed E-state index contributed by atoms with van der Waals surface area (Å²) < 4.78 is 1.76. The Hall–Kier alpha value is -3.36. The van der Waals surface area contributed by atoms with Gasteiger partial charge in [0, 0.05) is 31.4 Å². The Morgan fingerprint density at radius 1 is 1.21 bits per heavy atom. The Bertz CT molecular complexity index is 915. The summed E-state index contributed by atoms with van der Waals surface area (Å²) in [6, 6.07) is 13.9. The quantitative estimate of drug-likeness (QED) is 0.667. The number of benzene rings is 1. The number of aromatic nitrogens is 2. The van der Waals surface area contributed by atoms with Crippen molar-refractivity contribution in [1.29, 1.82) is 10.5 Å². The van der Waals surface area contributed by atoms with Crippen LogP contribution >= 0.6 is 0 Å². The van der Waals surface area contributed by atoms with E-state index in [1.807, 2.05) is 30.3 Å². The average Bonchev–Trinajstić information content (AvgIpc) is 3.15. The van der Waals surface area contributed by atoms with Gasteiger partial charge in [-0.3, -0.25) is 9.48 Å². The van der Waals surface area contributed by atoms with Crippen LogP contribution in [0, 0.1) is 22.7 Å². The average molecular weight is 391 g/mol. The number of nitrogens with two attached hydrogens (primary N) is 1. The molecule has 0 saturated carbocycles. The Morgan fingerprint density at radius 3 is 2.55 bits per heavy atom. The molecule has 150 valence electrons. The Morgan fingerprint density at radius 2 is 1.93 bits per heavy atom. The molecule has 0 bridgehead atoms. The van der Waals surface area contributed by atoms with Gasteiger partial charge in [0.05, 0.1) is 24.1 Å². The van der Waals surface area contributed by atoms with E-state index in [1.165, 1.54) is 0 Å². The standard InChI is InChI=1S/C21H25N7O/c22-11-4-5-13-27-14-9-21(8-12-23,10-15-27)28-16-18(19(24)29)20(26-28)25-17-6-2-1-3-7-17/h1-3,6-7,16H,4-5,8-10,13-15H2,(H2,24,29)(H,25,26). The molecule has 1 aromatic carbocycles. The summed E-state index contributed by atoms with van der Waals surface area (Å²) >= 11 is 0. The van der Waals surface area contributed by atoms with Gasteiger partial charge in [0.1, 0.15) is 5.56 Å². The number of rotatable bonds is 8. The Labute approximate surface area is 170 Å². The highest BCUT2D eigenvalue weighted by Crippen LogP contribution is 2.35. The maximum atomic E-state index is 12.0. The van der Waals surface area contributed by atoms with Crippen molar-refractivity contribution in [2.45, 2.75) is 37.6 Å². The van der Waals surface area contributed by atoms with Crippen molar-refractivity contribution >= 4 is 17.4 Å². The van der Waals surface area contributed by atoms with E-state index in [1.54, 1.807) is 10.9 Å². The summed E-state index contributed by atoms with van der Waals surface area (Å²) in [4.78, 5) is 14.3. The van der Waals surface area contributed by atoms with Crippen molar-refractivity contribution in [3.63, 3.8) is 0 Å². The van der Waals surface area contributed by atoms with Crippen LogP contribution in [0.25, 0.3) is 0 Å². The van der Waals surface area contributed by atoms with Crippen LogP contribution in [0.5, 0.6) is 0 Å². The van der Waals surface area contributed by atoms with Crippen molar-refractivity contribution in [2.75, 3.05) is 25.0 Å². The summed E-state index contributed by atoms with van der Waals surface area (Å²) in [5, 5.41) is 26.0. The number of carbonyl (C=O) groups excluding carboxylic acids is 1. The molecule has 3 N–H and O–H groups in total. The van der Waals surface area contributed by atoms with Crippen molar-refractivity contribution in [3.8, 4) is 12.1 Å². The number of primary amides is 1. The van der Waals surface area contributed by atoms with Crippen molar-refractivity contribution in [1.82, 2.24) is 14.7 Å². The largest absolute Gasteiger partial charge is 0.365 e. The molecule has 1 aliphatic rings.